The number of rotatable bonds is 6. The molecule has 4 rings (SSSR count). The highest BCUT2D eigenvalue weighted by molar-refractivity contribution is 9.10. The molecule has 2 aliphatic heterocycles. The zero-order valence-electron chi connectivity index (χ0n) is 16.6. The van der Waals surface area contributed by atoms with Gasteiger partial charge in [0.25, 0.3) is 11.1 Å². The van der Waals surface area contributed by atoms with E-state index in [0.29, 0.717) is 33.4 Å². The molecular formula is C21H15BrClNO7S. The predicted molar refractivity (Wildman–Crippen MR) is 121 cm³/mol. The lowest BCUT2D eigenvalue weighted by molar-refractivity contribution is -0.142. The second-order valence-electron chi connectivity index (χ2n) is 6.61. The van der Waals surface area contributed by atoms with E-state index in [9.17, 15) is 14.4 Å². The molecule has 0 spiro atoms. The number of halogens is 2. The molecule has 2 aromatic rings. The third-order valence-electron chi connectivity index (χ3n) is 4.58. The SMILES string of the molecule is COC(=O)COc1ccc(Br)cc1/C=C1/SC(=O)N(Cc2cc3c(cc2Cl)OCO3)C1=O. The quantitative estimate of drug-likeness (QED) is 0.387. The van der Waals surface area contributed by atoms with Crippen LogP contribution in [0.3, 0.4) is 0 Å². The molecule has 0 aromatic heterocycles. The van der Waals surface area contributed by atoms with Crippen LogP contribution < -0.4 is 14.2 Å². The third-order valence-corrected chi connectivity index (χ3v) is 6.33. The molecule has 1 saturated heterocycles. The molecule has 0 saturated carbocycles. The Balaban J connectivity index is 1.57. The van der Waals surface area contributed by atoms with Gasteiger partial charge in [0.15, 0.2) is 18.1 Å². The van der Waals surface area contributed by atoms with Crippen LogP contribution in [-0.2, 0) is 20.9 Å². The van der Waals surface area contributed by atoms with Crippen molar-refractivity contribution < 1.29 is 33.3 Å². The van der Waals surface area contributed by atoms with Crippen LogP contribution in [-0.4, -0.2) is 42.5 Å². The molecule has 0 N–H and O–H groups in total. The van der Waals surface area contributed by atoms with Gasteiger partial charge in [-0.05, 0) is 47.7 Å². The molecule has 0 atom stereocenters. The van der Waals surface area contributed by atoms with Crippen LogP contribution in [0, 0.1) is 0 Å². The maximum Gasteiger partial charge on any atom is 0.343 e. The summed E-state index contributed by atoms with van der Waals surface area (Å²) in [7, 11) is 1.26. The number of nitrogens with zero attached hydrogens (tertiary/aromatic N) is 1. The van der Waals surface area contributed by atoms with Crippen molar-refractivity contribution in [3.8, 4) is 17.2 Å². The summed E-state index contributed by atoms with van der Waals surface area (Å²) >= 11 is 10.5. The molecule has 2 amide bonds. The number of imide groups is 1. The van der Waals surface area contributed by atoms with Gasteiger partial charge in [0.1, 0.15) is 5.75 Å². The largest absolute Gasteiger partial charge is 0.481 e. The Morgan fingerprint density at radius 1 is 1.25 bits per heavy atom. The van der Waals surface area contributed by atoms with Crippen molar-refractivity contribution in [1.82, 2.24) is 4.90 Å². The minimum absolute atomic E-state index is 0.0122. The van der Waals surface area contributed by atoms with Gasteiger partial charge in [0, 0.05) is 21.1 Å². The standard InChI is InChI=1S/C21H15BrClNO7S/c1-28-19(25)9-29-15-3-2-13(22)4-11(15)6-18-20(26)24(21(27)32-18)8-12-5-16-17(7-14(12)23)31-10-30-16/h2-7H,8-10H2,1H3/b18-6+. The van der Waals surface area contributed by atoms with Gasteiger partial charge in [-0.15, -0.1) is 0 Å². The molecule has 0 radical (unpaired) electrons. The number of ether oxygens (including phenoxy) is 4. The van der Waals surface area contributed by atoms with Crippen LogP contribution in [0.25, 0.3) is 6.08 Å². The first-order valence-electron chi connectivity index (χ1n) is 9.18. The normalized spacial score (nSPS) is 16.1. The molecule has 0 unspecified atom stereocenters. The molecule has 32 heavy (non-hydrogen) atoms. The zero-order chi connectivity index (χ0) is 22.8. The van der Waals surface area contributed by atoms with E-state index in [4.69, 9.17) is 25.8 Å². The van der Waals surface area contributed by atoms with Gasteiger partial charge < -0.3 is 18.9 Å². The first kappa shape index (κ1) is 22.5. The van der Waals surface area contributed by atoms with Crippen molar-refractivity contribution in [3.63, 3.8) is 0 Å². The predicted octanol–water partition coefficient (Wildman–Crippen LogP) is 4.62. The van der Waals surface area contributed by atoms with Crippen molar-refractivity contribution >= 4 is 62.5 Å². The Labute approximate surface area is 200 Å². The number of benzene rings is 2. The first-order chi connectivity index (χ1) is 15.4. The van der Waals surface area contributed by atoms with Crippen LogP contribution in [0.5, 0.6) is 17.2 Å². The molecule has 0 bridgehead atoms. The fraction of sp³-hybridized carbons (Fsp3) is 0.190. The summed E-state index contributed by atoms with van der Waals surface area (Å²) in [5.41, 5.74) is 1.08. The molecule has 0 aliphatic carbocycles. The Kier molecular flexibility index (Phi) is 6.63. The van der Waals surface area contributed by atoms with Crippen molar-refractivity contribution in [3.05, 3.63) is 55.9 Å². The van der Waals surface area contributed by atoms with E-state index in [-0.39, 0.29) is 24.8 Å². The number of thioether (sulfide) groups is 1. The minimum atomic E-state index is -0.542. The van der Waals surface area contributed by atoms with Crippen molar-refractivity contribution in [2.45, 2.75) is 6.54 Å². The van der Waals surface area contributed by atoms with E-state index in [0.717, 1.165) is 21.1 Å². The number of methoxy groups -OCH3 is 1. The number of amides is 2. The summed E-state index contributed by atoms with van der Waals surface area (Å²) in [5, 5.41) is -0.0650. The molecule has 8 nitrogen and oxygen atoms in total. The Hall–Kier alpha value is -2.69. The number of hydrogen-bond donors (Lipinski definition) is 0. The van der Waals surface area contributed by atoms with Gasteiger partial charge in [-0.25, -0.2) is 4.79 Å². The van der Waals surface area contributed by atoms with E-state index in [1.165, 1.54) is 7.11 Å². The minimum Gasteiger partial charge on any atom is -0.481 e. The fourth-order valence-electron chi connectivity index (χ4n) is 2.99. The summed E-state index contributed by atoms with van der Waals surface area (Å²) in [5.74, 6) is 0.381. The van der Waals surface area contributed by atoms with Crippen LogP contribution in [0.4, 0.5) is 4.79 Å². The second-order valence-corrected chi connectivity index (χ2v) is 8.93. The number of carbonyl (C=O) groups excluding carboxylic acids is 3. The zero-order valence-corrected chi connectivity index (χ0v) is 19.7. The molecule has 1 fully saturated rings. The molecule has 11 heteroatoms. The smallest absolute Gasteiger partial charge is 0.343 e. The van der Waals surface area contributed by atoms with Gasteiger partial charge >= 0.3 is 5.97 Å². The monoisotopic (exact) mass is 539 g/mol. The Morgan fingerprint density at radius 3 is 2.75 bits per heavy atom. The van der Waals surface area contributed by atoms with Gasteiger partial charge in [-0.3, -0.25) is 14.5 Å². The lowest BCUT2D eigenvalue weighted by Gasteiger charge is -2.14. The van der Waals surface area contributed by atoms with E-state index in [2.05, 4.69) is 20.7 Å². The highest BCUT2D eigenvalue weighted by Gasteiger charge is 2.36. The Morgan fingerprint density at radius 2 is 2.00 bits per heavy atom. The lowest BCUT2D eigenvalue weighted by Crippen LogP contribution is -2.27. The average molecular weight is 541 g/mol. The topological polar surface area (TPSA) is 91.4 Å². The molecule has 2 heterocycles. The number of fused-ring (bicyclic) bond motifs is 1. The van der Waals surface area contributed by atoms with Gasteiger partial charge in [0.2, 0.25) is 6.79 Å². The lowest BCUT2D eigenvalue weighted by atomic mass is 10.1. The maximum atomic E-state index is 13.0. The van der Waals surface area contributed by atoms with Crippen molar-refractivity contribution in [2.75, 3.05) is 20.5 Å². The third kappa shape index (κ3) is 4.72. The molecule has 166 valence electrons. The summed E-state index contributed by atoms with van der Waals surface area (Å²) in [6.07, 6.45) is 1.55. The van der Waals surface area contributed by atoms with Crippen LogP contribution in [0.2, 0.25) is 5.02 Å². The number of hydrogen-bond acceptors (Lipinski definition) is 8. The number of esters is 1. The summed E-state index contributed by atoms with van der Waals surface area (Å²) in [6.45, 7) is -0.211. The highest BCUT2D eigenvalue weighted by Crippen LogP contribution is 2.40. The van der Waals surface area contributed by atoms with Crippen LogP contribution in [0.15, 0.2) is 39.7 Å². The Bertz CT molecular complexity index is 1150. The second kappa shape index (κ2) is 9.43. The van der Waals surface area contributed by atoms with Crippen LogP contribution in [0.1, 0.15) is 11.1 Å². The first-order valence-corrected chi connectivity index (χ1v) is 11.2. The van der Waals surface area contributed by atoms with E-state index >= 15 is 0 Å². The van der Waals surface area contributed by atoms with Crippen LogP contribution >= 0.6 is 39.3 Å². The summed E-state index contributed by atoms with van der Waals surface area (Å²) in [4.78, 5) is 38.3. The van der Waals surface area contributed by atoms with E-state index in [1.807, 2.05) is 0 Å². The van der Waals surface area contributed by atoms with Crippen molar-refractivity contribution in [1.29, 1.82) is 0 Å². The summed E-state index contributed by atoms with van der Waals surface area (Å²) < 4.78 is 21.4. The van der Waals surface area contributed by atoms with E-state index < -0.39 is 17.1 Å². The maximum absolute atomic E-state index is 13.0. The summed E-state index contributed by atoms with van der Waals surface area (Å²) in [6, 6.07) is 8.35. The van der Waals surface area contributed by atoms with Gasteiger partial charge in [0.05, 0.1) is 18.6 Å². The molecule has 2 aliphatic rings. The highest BCUT2D eigenvalue weighted by atomic mass is 79.9. The van der Waals surface area contributed by atoms with Gasteiger partial charge in [-0.1, -0.05) is 27.5 Å². The van der Waals surface area contributed by atoms with Gasteiger partial charge in [-0.2, -0.15) is 0 Å². The van der Waals surface area contributed by atoms with E-state index in [1.54, 1.807) is 36.4 Å². The fourth-order valence-corrected chi connectivity index (χ4v) is 4.41. The molecule has 2 aromatic carbocycles. The molecular weight excluding hydrogens is 526 g/mol. The number of carbonyl (C=O) groups is 3. The average Bonchev–Trinajstić information content (AvgIpc) is 3.32. The van der Waals surface area contributed by atoms with Crippen molar-refractivity contribution in [2.24, 2.45) is 0 Å².